The molecule has 0 aliphatic carbocycles. The predicted octanol–water partition coefficient (Wildman–Crippen LogP) is 15.8. The van der Waals surface area contributed by atoms with Gasteiger partial charge in [-0.1, -0.05) is 182 Å². The number of ether oxygens (including phenoxy) is 4. The van der Waals surface area contributed by atoms with Crippen molar-refractivity contribution in [1.82, 2.24) is 9.80 Å². The van der Waals surface area contributed by atoms with Crippen molar-refractivity contribution >= 4 is 17.9 Å². The van der Waals surface area contributed by atoms with Crippen molar-refractivity contribution in [3.05, 3.63) is 0 Å². The van der Waals surface area contributed by atoms with E-state index in [9.17, 15) is 14.4 Å². The summed E-state index contributed by atoms with van der Waals surface area (Å²) in [7, 11) is 3.96. The smallest absolute Gasteiger partial charge is 0.311 e. The van der Waals surface area contributed by atoms with Gasteiger partial charge in [-0.15, -0.1) is 0 Å². The first-order valence-electron chi connectivity index (χ1n) is 29.5. The van der Waals surface area contributed by atoms with Crippen molar-refractivity contribution in [3.8, 4) is 0 Å². The average molecular weight is 964 g/mol. The van der Waals surface area contributed by atoms with Gasteiger partial charge in [-0.3, -0.25) is 19.3 Å². The van der Waals surface area contributed by atoms with Crippen molar-refractivity contribution in [2.75, 3.05) is 53.6 Å². The molecule has 1 rings (SSSR count). The van der Waals surface area contributed by atoms with Gasteiger partial charge in [0.2, 0.25) is 0 Å². The molecule has 0 saturated carbocycles. The molecule has 1 aliphatic heterocycles. The van der Waals surface area contributed by atoms with Gasteiger partial charge < -0.3 is 23.8 Å². The Kier molecular flexibility index (Phi) is 41.6. The maximum absolute atomic E-state index is 13.1. The molecule has 0 N–H and O–H groups in total. The van der Waals surface area contributed by atoms with Crippen LogP contribution >= 0.6 is 0 Å². The molecule has 9 heteroatoms. The molecule has 0 radical (unpaired) electrons. The summed E-state index contributed by atoms with van der Waals surface area (Å²) in [6, 6.07) is 0.246. The highest BCUT2D eigenvalue weighted by molar-refractivity contribution is 5.75. The minimum absolute atomic E-state index is 0.000860. The number of likely N-dealkylation sites (tertiary alicyclic amines) is 1. The second kappa shape index (κ2) is 44.0. The SMILES string of the molecule is CCCCCCCCC(CCCCCCCC)OC(=O)CCCCCCCOCC1C[C@@H](OC(=O)CCN(C)C)CN1CCCCCCC(C)(C)C(=O)OCCCC(CCCCC)CCCCC. The van der Waals surface area contributed by atoms with Crippen molar-refractivity contribution < 1.29 is 33.3 Å². The number of rotatable bonds is 49. The quantitative estimate of drug-likeness (QED) is 0.0336. The first-order valence-corrected chi connectivity index (χ1v) is 29.5. The average Bonchev–Trinajstić information content (AvgIpc) is 3.69. The Balaban J connectivity index is 2.43. The summed E-state index contributed by atoms with van der Waals surface area (Å²) in [5.41, 5.74) is -0.459. The van der Waals surface area contributed by atoms with Gasteiger partial charge in [-0.05, 0) is 105 Å². The molecule has 1 fully saturated rings. The van der Waals surface area contributed by atoms with Crippen LogP contribution in [0.15, 0.2) is 0 Å². The molecule has 0 aromatic heterocycles. The van der Waals surface area contributed by atoms with Crippen LogP contribution in [0, 0.1) is 11.3 Å². The lowest BCUT2D eigenvalue weighted by Crippen LogP contribution is -2.34. The van der Waals surface area contributed by atoms with E-state index in [0.717, 1.165) is 116 Å². The summed E-state index contributed by atoms with van der Waals surface area (Å²) in [6.45, 7) is 17.5. The van der Waals surface area contributed by atoms with Gasteiger partial charge in [-0.2, -0.15) is 0 Å². The third-order valence-electron chi connectivity index (χ3n) is 14.6. The normalized spacial score (nSPS) is 15.6. The Morgan fingerprint density at radius 3 is 1.71 bits per heavy atom. The molecule has 9 nitrogen and oxygen atoms in total. The van der Waals surface area contributed by atoms with E-state index >= 15 is 0 Å². The zero-order valence-electron chi connectivity index (χ0n) is 46.5. The molecule has 0 bridgehead atoms. The highest BCUT2D eigenvalue weighted by Gasteiger charge is 2.34. The van der Waals surface area contributed by atoms with E-state index in [0.29, 0.717) is 32.6 Å². The molecule has 1 saturated heterocycles. The molecule has 1 aliphatic rings. The number of unbranched alkanes of at least 4 members (excludes halogenated alkanes) is 21. The third-order valence-corrected chi connectivity index (χ3v) is 14.6. The van der Waals surface area contributed by atoms with E-state index in [1.165, 1.54) is 135 Å². The first kappa shape index (κ1) is 64.3. The summed E-state index contributed by atoms with van der Waals surface area (Å²) in [5, 5.41) is 0. The molecule has 0 amide bonds. The van der Waals surface area contributed by atoms with Gasteiger partial charge in [0.25, 0.3) is 0 Å². The third kappa shape index (κ3) is 36.2. The van der Waals surface area contributed by atoms with Crippen LogP contribution in [0.25, 0.3) is 0 Å². The lowest BCUT2D eigenvalue weighted by Gasteiger charge is -2.24. The number of esters is 3. The molecular weight excluding hydrogens is 849 g/mol. The van der Waals surface area contributed by atoms with Gasteiger partial charge in [0, 0.05) is 38.6 Å². The van der Waals surface area contributed by atoms with E-state index < -0.39 is 5.41 Å². The van der Waals surface area contributed by atoms with E-state index in [4.69, 9.17) is 18.9 Å². The Morgan fingerprint density at radius 1 is 0.574 bits per heavy atom. The summed E-state index contributed by atoms with van der Waals surface area (Å²) < 4.78 is 24.1. The number of hydrogen-bond donors (Lipinski definition) is 0. The summed E-state index contributed by atoms with van der Waals surface area (Å²) in [5.74, 6) is 0.607. The van der Waals surface area contributed by atoms with Crippen molar-refractivity contribution in [3.63, 3.8) is 0 Å². The van der Waals surface area contributed by atoms with Crippen molar-refractivity contribution in [1.29, 1.82) is 0 Å². The Labute approximate surface area is 421 Å². The van der Waals surface area contributed by atoms with Crippen LogP contribution in [0.5, 0.6) is 0 Å². The van der Waals surface area contributed by atoms with Crippen LogP contribution in [-0.2, 0) is 33.3 Å². The fourth-order valence-corrected chi connectivity index (χ4v) is 9.93. The minimum Gasteiger partial charge on any atom is -0.465 e. The zero-order valence-corrected chi connectivity index (χ0v) is 46.5. The predicted molar refractivity (Wildman–Crippen MR) is 286 cm³/mol. The number of hydrogen-bond acceptors (Lipinski definition) is 9. The molecule has 402 valence electrons. The molecule has 0 aromatic carbocycles. The standard InChI is InChI=1S/C59H114N2O7/c1-9-13-17-19-22-30-40-54(41-31-23-20-18-14-10-2)67-56(62)42-32-24-21-27-35-47-65-51-53-49-55(68-57(63)43-46-60(7)8)50-61(53)45-34-26-25-33-44-59(5,6)58(64)66-48-36-39-52(37-28-15-11-3)38-29-16-12-4/h52-55H,9-51H2,1-8H3/t53?,55-/m1/s1. The highest BCUT2D eigenvalue weighted by atomic mass is 16.6. The molecular formula is C59H114N2O7. The molecule has 1 heterocycles. The van der Waals surface area contributed by atoms with Crippen LogP contribution in [0.3, 0.4) is 0 Å². The lowest BCUT2D eigenvalue weighted by atomic mass is 9.87. The molecule has 0 spiro atoms. The summed E-state index contributed by atoms with van der Waals surface area (Å²) >= 11 is 0. The van der Waals surface area contributed by atoms with Crippen molar-refractivity contribution in [2.45, 2.75) is 297 Å². The number of nitrogens with zero attached hydrogens (tertiary/aromatic N) is 2. The monoisotopic (exact) mass is 963 g/mol. The maximum Gasteiger partial charge on any atom is 0.311 e. The highest BCUT2D eigenvalue weighted by Crippen LogP contribution is 2.28. The van der Waals surface area contributed by atoms with Gasteiger partial charge in [-0.25, -0.2) is 0 Å². The number of carbonyl (C=O) groups is 3. The Hall–Kier alpha value is -1.71. The second-order valence-electron chi connectivity index (χ2n) is 22.1. The molecule has 68 heavy (non-hydrogen) atoms. The largest absolute Gasteiger partial charge is 0.465 e. The lowest BCUT2D eigenvalue weighted by molar-refractivity contribution is -0.154. The van der Waals surface area contributed by atoms with Crippen LogP contribution in [0.2, 0.25) is 0 Å². The van der Waals surface area contributed by atoms with Gasteiger partial charge in [0.1, 0.15) is 12.2 Å². The number of carbonyl (C=O) groups excluding carboxylic acids is 3. The van der Waals surface area contributed by atoms with Gasteiger partial charge in [0.05, 0.1) is 25.0 Å². The van der Waals surface area contributed by atoms with E-state index in [-0.39, 0.29) is 36.2 Å². The van der Waals surface area contributed by atoms with Crippen molar-refractivity contribution in [2.24, 2.45) is 11.3 Å². The maximum atomic E-state index is 13.1. The minimum atomic E-state index is -0.459. The van der Waals surface area contributed by atoms with Gasteiger partial charge in [0.15, 0.2) is 0 Å². The van der Waals surface area contributed by atoms with E-state index in [1.54, 1.807) is 0 Å². The van der Waals surface area contributed by atoms with E-state index in [1.807, 2.05) is 32.8 Å². The molecule has 1 unspecified atom stereocenters. The first-order chi connectivity index (χ1) is 32.9. The summed E-state index contributed by atoms with van der Waals surface area (Å²) in [4.78, 5) is 43.1. The van der Waals surface area contributed by atoms with Crippen LogP contribution in [0.4, 0.5) is 0 Å². The topological polar surface area (TPSA) is 94.6 Å². The molecule has 0 aromatic rings. The Morgan fingerprint density at radius 2 is 1.09 bits per heavy atom. The summed E-state index contributed by atoms with van der Waals surface area (Å²) in [6.07, 6.45) is 42.0. The fourth-order valence-electron chi connectivity index (χ4n) is 9.93. The van der Waals surface area contributed by atoms with Gasteiger partial charge >= 0.3 is 17.9 Å². The Bertz CT molecular complexity index is 1150. The van der Waals surface area contributed by atoms with Crippen LogP contribution in [-0.4, -0.2) is 99.5 Å². The fraction of sp³-hybridized carbons (Fsp3) is 0.949. The van der Waals surface area contributed by atoms with E-state index in [2.05, 4.69) is 32.6 Å². The molecule has 2 atom stereocenters. The second-order valence-corrected chi connectivity index (χ2v) is 22.1. The van der Waals surface area contributed by atoms with Crippen LogP contribution in [0.1, 0.15) is 279 Å². The zero-order chi connectivity index (χ0) is 49.9. The van der Waals surface area contributed by atoms with Crippen LogP contribution < -0.4 is 0 Å².